The summed E-state index contributed by atoms with van der Waals surface area (Å²) in [5.74, 6) is 3.07. The van der Waals surface area contributed by atoms with Crippen molar-refractivity contribution < 1.29 is 5.11 Å². The van der Waals surface area contributed by atoms with Crippen LogP contribution in [-0.4, -0.2) is 19.9 Å². The number of rotatable bonds is 2. The van der Waals surface area contributed by atoms with Crippen LogP contribution in [0.2, 0.25) is 0 Å². The smallest absolute Gasteiger partial charge is 0.158 e. The summed E-state index contributed by atoms with van der Waals surface area (Å²) in [4.78, 5) is 0. The lowest BCUT2D eigenvalue weighted by atomic mass is 9.76. The summed E-state index contributed by atoms with van der Waals surface area (Å²) in [7, 11) is 1.92. The number of hydrogen-bond acceptors (Lipinski definition) is 3. The van der Waals surface area contributed by atoms with Crippen molar-refractivity contribution in [2.75, 3.05) is 0 Å². The van der Waals surface area contributed by atoms with E-state index in [0.29, 0.717) is 11.7 Å². The fraction of sp³-hybridized carbons (Fsp3) is 0.778. The first-order valence-electron chi connectivity index (χ1n) is 4.71. The van der Waals surface area contributed by atoms with E-state index in [2.05, 4.69) is 17.1 Å². The van der Waals surface area contributed by atoms with Gasteiger partial charge in [0.05, 0.1) is 0 Å². The van der Waals surface area contributed by atoms with Crippen LogP contribution < -0.4 is 0 Å². The van der Waals surface area contributed by atoms with Gasteiger partial charge in [0, 0.05) is 13.0 Å². The van der Waals surface area contributed by atoms with Crippen LogP contribution in [-0.2, 0) is 13.7 Å². The van der Waals surface area contributed by atoms with Gasteiger partial charge in [-0.05, 0) is 18.8 Å². The lowest BCUT2D eigenvalue weighted by Gasteiger charge is -2.31. The minimum absolute atomic E-state index is 0.0221. The summed E-state index contributed by atoms with van der Waals surface area (Å²) in [6.45, 7) is 2.23. The van der Waals surface area contributed by atoms with E-state index in [9.17, 15) is 0 Å². The monoisotopic (exact) mass is 181 g/mol. The summed E-state index contributed by atoms with van der Waals surface area (Å²) in [5.41, 5.74) is 0. The molecule has 0 unspecified atom stereocenters. The summed E-state index contributed by atoms with van der Waals surface area (Å²) in [6, 6.07) is 0. The molecule has 1 fully saturated rings. The molecule has 1 heterocycles. The Morgan fingerprint density at radius 2 is 2.15 bits per heavy atom. The van der Waals surface area contributed by atoms with E-state index in [1.165, 1.54) is 12.8 Å². The molecule has 13 heavy (non-hydrogen) atoms. The lowest BCUT2D eigenvalue weighted by molar-refractivity contribution is 0.259. The number of aliphatic hydroxyl groups excluding tert-OH is 1. The van der Waals surface area contributed by atoms with Gasteiger partial charge in [-0.1, -0.05) is 6.92 Å². The zero-order valence-corrected chi connectivity index (χ0v) is 8.06. The maximum Gasteiger partial charge on any atom is 0.158 e. The molecule has 0 saturated heterocycles. The van der Waals surface area contributed by atoms with Gasteiger partial charge >= 0.3 is 0 Å². The van der Waals surface area contributed by atoms with Crippen LogP contribution in [0.4, 0.5) is 0 Å². The van der Waals surface area contributed by atoms with Crippen molar-refractivity contribution in [2.24, 2.45) is 13.0 Å². The highest BCUT2D eigenvalue weighted by Crippen LogP contribution is 2.40. The molecule has 0 radical (unpaired) electrons. The van der Waals surface area contributed by atoms with Crippen LogP contribution in [0.1, 0.15) is 37.3 Å². The molecule has 1 saturated carbocycles. The molecule has 1 aliphatic rings. The zero-order chi connectivity index (χ0) is 9.42. The fourth-order valence-electron chi connectivity index (χ4n) is 1.98. The Bertz CT molecular complexity index is 302. The molecule has 4 nitrogen and oxygen atoms in total. The largest absolute Gasteiger partial charge is 0.388 e. The zero-order valence-electron chi connectivity index (χ0n) is 8.06. The molecule has 1 aromatic heterocycles. The normalized spacial score (nSPS) is 27.3. The van der Waals surface area contributed by atoms with Gasteiger partial charge in [0.2, 0.25) is 0 Å². The van der Waals surface area contributed by atoms with E-state index in [1.807, 2.05) is 11.6 Å². The van der Waals surface area contributed by atoms with E-state index in [4.69, 9.17) is 5.11 Å². The van der Waals surface area contributed by atoms with Gasteiger partial charge in [-0.15, -0.1) is 10.2 Å². The van der Waals surface area contributed by atoms with E-state index in [1.54, 1.807) is 0 Å². The minimum Gasteiger partial charge on any atom is -0.388 e. The summed E-state index contributed by atoms with van der Waals surface area (Å²) in [5, 5.41) is 17.0. The average molecular weight is 181 g/mol. The molecule has 0 aromatic carbocycles. The molecule has 2 rings (SSSR count). The number of nitrogens with zero attached hydrogens (tertiary/aromatic N) is 3. The third-order valence-corrected chi connectivity index (χ3v) is 2.88. The second kappa shape index (κ2) is 3.10. The second-order valence-electron chi connectivity index (χ2n) is 3.97. The minimum atomic E-state index is -0.0221. The molecule has 0 bridgehead atoms. The summed E-state index contributed by atoms with van der Waals surface area (Å²) >= 11 is 0. The molecule has 0 atom stereocenters. The Kier molecular flexibility index (Phi) is 2.07. The SMILES string of the molecule is CC1CC(c2nnc(CO)n2C)C1. The topological polar surface area (TPSA) is 50.9 Å². The molecule has 1 aromatic rings. The molecule has 1 aliphatic carbocycles. The Morgan fingerprint density at radius 1 is 1.46 bits per heavy atom. The molecular weight excluding hydrogens is 166 g/mol. The average Bonchev–Trinajstić information content (AvgIpc) is 2.41. The van der Waals surface area contributed by atoms with Crippen LogP contribution in [0.15, 0.2) is 0 Å². The number of aromatic nitrogens is 3. The highest BCUT2D eigenvalue weighted by Gasteiger charge is 2.30. The Hall–Kier alpha value is -0.900. The van der Waals surface area contributed by atoms with Gasteiger partial charge in [0.25, 0.3) is 0 Å². The Labute approximate surface area is 77.6 Å². The van der Waals surface area contributed by atoms with Crippen molar-refractivity contribution in [3.63, 3.8) is 0 Å². The van der Waals surface area contributed by atoms with Crippen molar-refractivity contribution in [1.82, 2.24) is 14.8 Å². The molecule has 0 aliphatic heterocycles. The van der Waals surface area contributed by atoms with Crippen LogP contribution in [0.5, 0.6) is 0 Å². The molecule has 72 valence electrons. The summed E-state index contributed by atoms with van der Waals surface area (Å²) < 4.78 is 1.91. The Balaban J connectivity index is 2.17. The van der Waals surface area contributed by atoms with Gasteiger partial charge in [-0.3, -0.25) is 0 Å². The quantitative estimate of drug-likeness (QED) is 0.735. The maximum atomic E-state index is 8.93. The van der Waals surface area contributed by atoms with Gasteiger partial charge in [-0.25, -0.2) is 0 Å². The van der Waals surface area contributed by atoms with E-state index in [-0.39, 0.29) is 6.61 Å². The van der Waals surface area contributed by atoms with Crippen molar-refractivity contribution in [1.29, 1.82) is 0 Å². The second-order valence-corrected chi connectivity index (χ2v) is 3.97. The van der Waals surface area contributed by atoms with E-state index in [0.717, 1.165) is 11.7 Å². The highest BCUT2D eigenvalue weighted by molar-refractivity contribution is 5.05. The maximum absolute atomic E-state index is 8.93. The van der Waals surface area contributed by atoms with Crippen LogP contribution in [0.3, 0.4) is 0 Å². The number of hydrogen-bond donors (Lipinski definition) is 1. The molecule has 0 amide bonds. The van der Waals surface area contributed by atoms with Crippen molar-refractivity contribution in [3.05, 3.63) is 11.6 Å². The molecular formula is C9H15N3O. The van der Waals surface area contributed by atoms with E-state index >= 15 is 0 Å². The van der Waals surface area contributed by atoms with Gasteiger partial charge in [0.1, 0.15) is 12.4 Å². The first-order chi connectivity index (χ1) is 6.22. The van der Waals surface area contributed by atoms with Crippen LogP contribution in [0, 0.1) is 5.92 Å². The lowest BCUT2D eigenvalue weighted by Crippen LogP contribution is -2.22. The third kappa shape index (κ3) is 1.35. The first-order valence-corrected chi connectivity index (χ1v) is 4.71. The van der Waals surface area contributed by atoms with E-state index < -0.39 is 0 Å². The highest BCUT2D eigenvalue weighted by atomic mass is 16.3. The van der Waals surface area contributed by atoms with Crippen molar-refractivity contribution >= 4 is 0 Å². The third-order valence-electron chi connectivity index (χ3n) is 2.88. The van der Waals surface area contributed by atoms with Crippen LogP contribution >= 0.6 is 0 Å². The predicted octanol–water partition coefficient (Wildman–Crippen LogP) is 0.821. The first kappa shape index (κ1) is 8.69. The van der Waals surface area contributed by atoms with Gasteiger partial charge < -0.3 is 9.67 Å². The number of aliphatic hydroxyl groups is 1. The summed E-state index contributed by atoms with van der Waals surface area (Å²) in [6.07, 6.45) is 2.41. The molecule has 1 N–H and O–H groups in total. The molecule has 4 heteroatoms. The Morgan fingerprint density at radius 3 is 2.62 bits per heavy atom. The van der Waals surface area contributed by atoms with Crippen molar-refractivity contribution in [3.8, 4) is 0 Å². The van der Waals surface area contributed by atoms with Crippen molar-refractivity contribution in [2.45, 2.75) is 32.3 Å². The van der Waals surface area contributed by atoms with Gasteiger partial charge in [0.15, 0.2) is 5.82 Å². The van der Waals surface area contributed by atoms with Crippen LogP contribution in [0.25, 0.3) is 0 Å². The fourth-order valence-corrected chi connectivity index (χ4v) is 1.98. The molecule has 0 spiro atoms. The van der Waals surface area contributed by atoms with Gasteiger partial charge in [-0.2, -0.15) is 0 Å². The standard InChI is InChI=1S/C9H15N3O/c1-6-3-7(4-6)9-11-10-8(5-13)12(9)2/h6-7,13H,3-5H2,1-2H3. The predicted molar refractivity (Wildman–Crippen MR) is 48.1 cm³/mol.